The number of nitrogens with zero attached hydrogens (tertiary/aromatic N) is 2. The first-order chi connectivity index (χ1) is 20.5. The van der Waals surface area contributed by atoms with Crippen molar-refractivity contribution in [3.8, 4) is 11.5 Å². The van der Waals surface area contributed by atoms with Gasteiger partial charge in [0.05, 0.1) is 28.2 Å². The van der Waals surface area contributed by atoms with Crippen LogP contribution in [0, 0.1) is 15.4 Å². The van der Waals surface area contributed by atoms with Gasteiger partial charge < -0.3 is 9.47 Å². The molecule has 4 aliphatic rings. The van der Waals surface area contributed by atoms with Crippen molar-refractivity contribution in [2.45, 2.75) is 25.4 Å². The molecule has 2 bridgehead atoms. The standard InChI is InChI=1S/C34H26BrIN2O4/c1-2-41-27-16-20(15-26(36)32(27)42-18-19-11-13-21(35)14-12-19)17-37-38-33(39)30-28-22-7-3-4-8-23(22)29(31(30)34(38)40)25-10-6-5-9-24(25)28/h3-17,28-31H,2,18H2,1H3/b37-17-/t28?,29?,30-,31-/m1/s1. The Kier molecular flexibility index (Phi) is 7.14. The number of hydrazone groups is 1. The maximum absolute atomic E-state index is 13.9. The third-order valence-electron chi connectivity index (χ3n) is 8.38. The number of ether oxygens (including phenoxy) is 2. The van der Waals surface area contributed by atoms with Gasteiger partial charge in [0.2, 0.25) is 0 Å². The van der Waals surface area contributed by atoms with Gasteiger partial charge in [-0.25, -0.2) is 0 Å². The predicted octanol–water partition coefficient (Wildman–Crippen LogP) is 7.26. The van der Waals surface area contributed by atoms with Gasteiger partial charge in [-0.05, 0) is 87.2 Å². The Morgan fingerprint density at radius 2 is 1.38 bits per heavy atom. The highest BCUT2D eigenvalue weighted by atomic mass is 127. The maximum Gasteiger partial charge on any atom is 0.254 e. The molecule has 210 valence electrons. The number of halogens is 2. The van der Waals surface area contributed by atoms with Crippen LogP contribution in [0.25, 0.3) is 0 Å². The van der Waals surface area contributed by atoms with E-state index >= 15 is 0 Å². The second-order valence-corrected chi connectivity index (χ2v) is 12.8. The average Bonchev–Trinajstić information content (AvgIpc) is 3.26. The molecule has 0 spiro atoms. The Morgan fingerprint density at radius 3 is 1.90 bits per heavy atom. The van der Waals surface area contributed by atoms with E-state index in [1.807, 2.05) is 67.6 Å². The normalized spacial score (nSPS) is 21.8. The second kappa shape index (κ2) is 11.0. The molecule has 4 aromatic rings. The van der Waals surface area contributed by atoms with Crippen LogP contribution >= 0.6 is 38.5 Å². The van der Waals surface area contributed by atoms with Crippen LogP contribution in [0.3, 0.4) is 0 Å². The Hall–Kier alpha value is -3.50. The Bertz CT molecular complexity index is 1640. The van der Waals surface area contributed by atoms with Crippen molar-refractivity contribution in [2.24, 2.45) is 16.9 Å². The van der Waals surface area contributed by atoms with E-state index in [0.717, 1.165) is 40.9 Å². The number of amides is 2. The van der Waals surface area contributed by atoms with Crippen LogP contribution in [0.15, 0.2) is 94.5 Å². The summed E-state index contributed by atoms with van der Waals surface area (Å²) in [6, 6.07) is 28.1. The lowest BCUT2D eigenvalue weighted by Gasteiger charge is -2.45. The van der Waals surface area contributed by atoms with Crippen LogP contribution in [0.4, 0.5) is 0 Å². The van der Waals surface area contributed by atoms with Crippen LogP contribution in [0.5, 0.6) is 11.5 Å². The van der Waals surface area contributed by atoms with Crippen LogP contribution in [-0.4, -0.2) is 29.6 Å². The molecular weight excluding hydrogens is 707 g/mol. The topological polar surface area (TPSA) is 68.2 Å². The molecule has 1 heterocycles. The summed E-state index contributed by atoms with van der Waals surface area (Å²) < 4.78 is 13.9. The quantitative estimate of drug-likeness (QED) is 0.114. The van der Waals surface area contributed by atoms with Crippen LogP contribution < -0.4 is 9.47 Å². The molecule has 42 heavy (non-hydrogen) atoms. The number of hydrogen-bond acceptors (Lipinski definition) is 5. The largest absolute Gasteiger partial charge is 0.490 e. The van der Waals surface area contributed by atoms with E-state index in [9.17, 15) is 9.59 Å². The van der Waals surface area contributed by atoms with Gasteiger partial charge >= 0.3 is 0 Å². The fourth-order valence-electron chi connectivity index (χ4n) is 6.70. The molecule has 0 aromatic heterocycles. The van der Waals surface area contributed by atoms with E-state index in [1.165, 1.54) is 0 Å². The monoisotopic (exact) mass is 732 g/mol. The average molecular weight is 733 g/mol. The molecule has 8 heteroatoms. The summed E-state index contributed by atoms with van der Waals surface area (Å²) in [4.78, 5) is 27.7. The van der Waals surface area contributed by atoms with Crippen LogP contribution in [-0.2, 0) is 16.2 Å². The van der Waals surface area contributed by atoms with Gasteiger partial charge in [-0.1, -0.05) is 76.6 Å². The summed E-state index contributed by atoms with van der Waals surface area (Å²) in [5.74, 6) is -0.489. The fourth-order valence-corrected chi connectivity index (χ4v) is 7.75. The van der Waals surface area contributed by atoms with Crippen molar-refractivity contribution in [1.29, 1.82) is 0 Å². The number of imide groups is 1. The molecule has 0 unspecified atom stereocenters. The fraction of sp³-hybridized carbons (Fsp3) is 0.206. The predicted molar refractivity (Wildman–Crippen MR) is 172 cm³/mol. The van der Waals surface area contributed by atoms with Gasteiger partial charge in [0.25, 0.3) is 11.8 Å². The van der Waals surface area contributed by atoms with E-state index in [0.29, 0.717) is 30.3 Å². The zero-order valence-electron chi connectivity index (χ0n) is 22.7. The van der Waals surface area contributed by atoms with Gasteiger partial charge in [-0.15, -0.1) is 0 Å². The molecular formula is C34H26BrIN2O4. The van der Waals surface area contributed by atoms with Gasteiger partial charge in [0.1, 0.15) is 6.61 Å². The van der Waals surface area contributed by atoms with Gasteiger partial charge in [-0.2, -0.15) is 10.1 Å². The van der Waals surface area contributed by atoms with E-state index in [-0.39, 0.29) is 23.7 Å². The third-order valence-corrected chi connectivity index (χ3v) is 9.71. The molecule has 1 saturated heterocycles. The molecule has 8 rings (SSSR count). The summed E-state index contributed by atoms with van der Waals surface area (Å²) in [5.41, 5.74) is 6.32. The second-order valence-electron chi connectivity index (χ2n) is 10.7. The maximum atomic E-state index is 13.9. The van der Waals surface area contributed by atoms with E-state index < -0.39 is 11.8 Å². The molecule has 3 aliphatic carbocycles. The van der Waals surface area contributed by atoms with E-state index in [4.69, 9.17) is 9.47 Å². The SMILES string of the molecule is CCOc1cc(/C=N\N2C(=O)[C@@H]3C4c5ccccc5C(c5ccccc54)[C@H]3C2=O)cc(I)c1OCc1ccc(Br)cc1. The molecule has 0 radical (unpaired) electrons. The first-order valence-corrected chi connectivity index (χ1v) is 15.8. The van der Waals surface area contributed by atoms with Gasteiger partial charge in [-0.3, -0.25) is 9.59 Å². The van der Waals surface area contributed by atoms with Gasteiger partial charge in [0, 0.05) is 16.3 Å². The minimum atomic E-state index is -0.460. The third kappa shape index (κ3) is 4.46. The number of carbonyl (C=O) groups excluding carboxylic acids is 2. The summed E-state index contributed by atoms with van der Waals surface area (Å²) in [6.45, 7) is 2.77. The molecule has 0 saturated carbocycles. The van der Waals surface area contributed by atoms with Crippen molar-refractivity contribution in [1.82, 2.24) is 5.01 Å². The highest BCUT2D eigenvalue weighted by Gasteiger charge is 2.61. The lowest BCUT2D eigenvalue weighted by Crippen LogP contribution is -2.41. The van der Waals surface area contributed by atoms with Crippen molar-refractivity contribution >= 4 is 56.5 Å². The Morgan fingerprint density at radius 1 is 0.833 bits per heavy atom. The molecule has 1 aliphatic heterocycles. The first-order valence-electron chi connectivity index (χ1n) is 13.9. The molecule has 0 N–H and O–H groups in total. The van der Waals surface area contributed by atoms with Crippen LogP contribution in [0.2, 0.25) is 0 Å². The number of hydrogen-bond donors (Lipinski definition) is 0. The van der Waals surface area contributed by atoms with Crippen molar-refractivity contribution < 1.29 is 19.1 Å². The van der Waals surface area contributed by atoms with Crippen molar-refractivity contribution in [3.05, 3.63) is 126 Å². The zero-order valence-corrected chi connectivity index (χ0v) is 26.4. The molecule has 4 aromatic carbocycles. The highest BCUT2D eigenvalue weighted by molar-refractivity contribution is 14.1. The summed E-state index contributed by atoms with van der Waals surface area (Å²) in [7, 11) is 0. The highest BCUT2D eigenvalue weighted by Crippen LogP contribution is 2.61. The van der Waals surface area contributed by atoms with Crippen LogP contribution in [0.1, 0.15) is 52.1 Å². The van der Waals surface area contributed by atoms with Crippen molar-refractivity contribution in [3.63, 3.8) is 0 Å². The number of benzene rings is 4. The molecule has 2 amide bonds. The number of rotatable bonds is 7. The van der Waals surface area contributed by atoms with Gasteiger partial charge in [0.15, 0.2) is 11.5 Å². The Labute approximate surface area is 266 Å². The lowest BCUT2D eigenvalue weighted by atomic mass is 9.55. The lowest BCUT2D eigenvalue weighted by molar-refractivity contribution is -0.139. The number of carbonyl (C=O) groups is 2. The van der Waals surface area contributed by atoms with E-state index in [1.54, 1.807) is 6.21 Å². The molecule has 1 fully saturated rings. The molecule has 6 nitrogen and oxygen atoms in total. The smallest absolute Gasteiger partial charge is 0.254 e. The summed E-state index contributed by atoms with van der Waals surface area (Å²) in [5, 5.41) is 5.58. The van der Waals surface area contributed by atoms with E-state index in [2.05, 4.69) is 67.9 Å². The minimum Gasteiger partial charge on any atom is -0.490 e. The zero-order chi connectivity index (χ0) is 29.0. The minimum absolute atomic E-state index is 0.156. The van der Waals surface area contributed by atoms with Crippen molar-refractivity contribution in [2.75, 3.05) is 6.61 Å². The molecule has 2 atom stereocenters. The Balaban J connectivity index is 1.18. The summed E-state index contributed by atoms with van der Waals surface area (Å²) >= 11 is 5.67. The summed E-state index contributed by atoms with van der Waals surface area (Å²) in [6.07, 6.45) is 1.57. The first kappa shape index (κ1) is 27.3.